The third-order valence-electron chi connectivity index (χ3n) is 5.10. The lowest BCUT2D eigenvalue weighted by Gasteiger charge is -2.25. The molecule has 0 bridgehead atoms. The molecule has 3 heterocycles. The van der Waals surface area contributed by atoms with Crippen LogP contribution in [0.5, 0.6) is 0 Å². The molecule has 7 heteroatoms. The number of hydrogen-bond acceptors (Lipinski definition) is 7. The van der Waals surface area contributed by atoms with E-state index < -0.39 is 11.8 Å². The van der Waals surface area contributed by atoms with Gasteiger partial charge in [0.05, 0.1) is 17.3 Å². The Morgan fingerprint density at radius 3 is 2.62 bits per heavy atom. The van der Waals surface area contributed by atoms with Crippen LogP contribution in [0, 0.1) is 6.92 Å². The summed E-state index contributed by atoms with van der Waals surface area (Å²) in [6.45, 7) is 1.97. The molecule has 1 N–H and O–H groups in total. The van der Waals surface area contributed by atoms with Crippen molar-refractivity contribution in [1.29, 1.82) is 0 Å². The summed E-state index contributed by atoms with van der Waals surface area (Å²) in [6, 6.07) is 14.9. The Bertz CT molecular complexity index is 1240. The van der Waals surface area contributed by atoms with Crippen LogP contribution in [0.4, 0.5) is 0 Å². The maximum atomic E-state index is 13.0. The number of carbonyl (C=O) groups excluding carboxylic acids is 1. The highest BCUT2D eigenvalue weighted by atomic mass is 32.1. The third-order valence-corrected chi connectivity index (χ3v) is 6.39. The van der Waals surface area contributed by atoms with Crippen LogP contribution in [0.1, 0.15) is 22.3 Å². The van der Waals surface area contributed by atoms with Gasteiger partial charge in [-0.05, 0) is 47.0 Å². The zero-order valence-corrected chi connectivity index (χ0v) is 17.1. The Morgan fingerprint density at radius 2 is 1.86 bits per heavy atom. The monoisotopic (exact) mass is 420 g/mol. The number of fused-ring (bicyclic) bond motifs is 1. The van der Waals surface area contributed by atoms with Crippen LogP contribution in [-0.4, -0.2) is 19.8 Å². The standard InChI is InChI=1S/C22H16N2O3S2/c1-13-2-5-16(6-3-13)22(26)17(10-14-8-9-28-12-14)20(21(25)27-22)15-4-7-18-19(11-15)24-29-23-18/h2-9,11-12,26H,10H2,1H3. The topological polar surface area (TPSA) is 72.3 Å². The molecule has 0 saturated heterocycles. The van der Waals surface area contributed by atoms with Crippen LogP contribution in [0.15, 0.2) is 64.9 Å². The van der Waals surface area contributed by atoms with Gasteiger partial charge in [-0.25, -0.2) is 4.79 Å². The molecule has 0 saturated carbocycles. The van der Waals surface area contributed by atoms with Gasteiger partial charge in [0.25, 0.3) is 5.79 Å². The Morgan fingerprint density at radius 1 is 1.07 bits per heavy atom. The molecule has 0 amide bonds. The number of ether oxygens (including phenoxy) is 1. The van der Waals surface area contributed by atoms with Crippen LogP contribution in [0.3, 0.4) is 0 Å². The van der Waals surface area contributed by atoms with Gasteiger partial charge in [-0.3, -0.25) is 0 Å². The fourth-order valence-corrected chi connectivity index (χ4v) is 4.77. The van der Waals surface area contributed by atoms with Crippen LogP contribution < -0.4 is 0 Å². The Balaban J connectivity index is 1.71. The van der Waals surface area contributed by atoms with E-state index in [2.05, 4.69) is 8.75 Å². The van der Waals surface area contributed by atoms with Crippen LogP contribution in [-0.2, 0) is 21.7 Å². The molecule has 144 valence electrons. The summed E-state index contributed by atoms with van der Waals surface area (Å²) < 4.78 is 14.1. The van der Waals surface area contributed by atoms with E-state index in [1.165, 1.54) is 0 Å². The molecule has 29 heavy (non-hydrogen) atoms. The molecule has 1 aliphatic heterocycles. The number of thiophene rings is 1. The van der Waals surface area contributed by atoms with Crippen molar-refractivity contribution < 1.29 is 14.6 Å². The molecule has 4 aromatic rings. The molecule has 1 unspecified atom stereocenters. The number of benzene rings is 2. The highest BCUT2D eigenvalue weighted by Crippen LogP contribution is 2.45. The summed E-state index contributed by atoms with van der Waals surface area (Å²) in [5, 5.41) is 15.6. The first-order valence-electron chi connectivity index (χ1n) is 9.05. The summed E-state index contributed by atoms with van der Waals surface area (Å²) in [7, 11) is 0. The first-order valence-corrected chi connectivity index (χ1v) is 10.7. The van der Waals surface area contributed by atoms with Gasteiger partial charge < -0.3 is 9.84 Å². The average Bonchev–Trinajstić information content (AvgIpc) is 3.43. The summed E-state index contributed by atoms with van der Waals surface area (Å²) in [5.74, 6) is -2.35. The maximum Gasteiger partial charge on any atom is 0.342 e. The first kappa shape index (κ1) is 18.2. The zero-order valence-electron chi connectivity index (χ0n) is 15.5. The number of aliphatic hydroxyl groups is 1. The van der Waals surface area contributed by atoms with Gasteiger partial charge in [-0.15, -0.1) is 0 Å². The molecule has 2 aromatic heterocycles. The van der Waals surface area contributed by atoms with Crippen molar-refractivity contribution in [2.75, 3.05) is 0 Å². The molecule has 5 rings (SSSR count). The molecule has 0 spiro atoms. The van der Waals surface area contributed by atoms with E-state index in [0.717, 1.165) is 28.4 Å². The first-order chi connectivity index (χ1) is 14.0. The number of esters is 1. The second-order valence-electron chi connectivity index (χ2n) is 7.03. The number of aryl methyl sites for hydroxylation is 1. The van der Waals surface area contributed by atoms with E-state index in [1.807, 2.05) is 54.1 Å². The van der Waals surface area contributed by atoms with Crippen LogP contribution in [0.2, 0.25) is 0 Å². The largest absolute Gasteiger partial charge is 0.421 e. The summed E-state index contributed by atoms with van der Waals surface area (Å²) in [5.41, 5.74) is 5.69. The fourth-order valence-electron chi connectivity index (χ4n) is 3.59. The van der Waals surface area contributed by atoms with Gasteiger partial charge in [-0.2, -0.15) is 20.1 Å². The predicted molar refractivity (Wildman–Crippen MR) is 114 cm³/mol. The average molecular weight is 421 g/mol. The van der Waals surface area contributed by atoms with Crippen molar-refractivity contribution in [2.45, 2.75) is 19.1 Å². The third kappa shape index (κ3) is 3.07. The minimum atomic E-state index is -1.81. The fraction of sp³-hybridized carbons (Fsp3) is 0.136. The maximum absolute atomic E-state index is 13.0. The van der Waals surface area contributed by atoms with Crippen molar-refractivity contribution in [3.05, 3.63) is 87.1 Å². The van der Waals surface area contributed by atoms with E-state index in [-0.39, 0.29) is 0 Å². The molecule has 1 atom stereocenters. The Hall–Kier alpha value is -2.87. The number of rotatable bonds is 4. The molecule has 5 nitrogen and oxygen atoms in total. The lowest BCUT2D eigenvalue weighted by Crippen LogP contribution is -2.29. The molecule has 0 fully saturated rings. The van der Waals surface area contributed by atoms with Crippen LogP contribution >= 0.6 is 23.1 Å². The van der Waals surface area contributed by atoms with Crippen molar-refractivity contribution in [3.63, 3.8) is 0 Å². The molecule has 0 aliphatic carbocycles. The van der Waals surface area contributed by atoms with Gasteiger partial charge in [0.2, 0.25) is 0 Å². The Kier molecular flexibility index (Phi) is 4.31. The predicted octanol–water partition coefficient (Wildman–Crippen LogP) is 4.46. The van der Waals surface area contributed by atoms with Crippen molar-refractivity contribution >= 4 is 45.6 Å². The molecule has 0 radical (unpaired) electrons. The number of aromatic nitrogens is 2. The van der Waals surface area contributed by atoms with Crippen molar-refractivity contribution in [1.82, 2.24) is 8.75 Å². The molecular formula is C22H16N2O3S2. The molecule has 1 aliphatic rings. The van der Waals surface area contributed by atoms with Gasteiger partial charge in [0.1, 0.15) is 11.0 Å². The van der Waals surface area contributed by atoms with E-state index in [9.17, 15) is 9.90 Å². The molecular weight excluding hydrogens is 404 g/mol. The van der Waals surface area contributed by atoms with E-state index in [4.69, 9.17) is 4.74 Å². The van der Waals surface area contributed by atoms with Gasteiger partial charge in [0, 0.05) is 17.6 Å². The Labute approximate surface area is 175 Å². The highest BCUT2D eigenvalue weighted by Gasteiger charge is 2.48. The van der Waals surface area contributed by atoms with Crippen LogP contribution in [0.25, 0.3) is 16.6 Å². The zero-order chi connectivity index (χ0) is 20.0. The van der Waals surface area contributed by atoms with E-state index in [1.54, 1.807) is 23.5 Å². The van der Waals surface area contributed by atoms with Gasteiger partial charge in [-0.1, -0.05) is 35.9 Å². The van der Waals surface area contributed by atoms with E-state index >= 15 is 0 Å². The second-order valence-corrected chi connectivity index (χ2v) is 8.34. The summed E-state index contributed by atoms with van der Waals surface area (Å²) >= 11 is 2.70. The lowest BCUT2D eigenvalue weighted by atomic mass is 9.88. The minimum Gasteiger partial charge on any atom is -0.421 e. The summed E-state index contributed by atoms with van der Waals surface area (Å²) in [4.78, 5) is 13.0. The van der Waals surface area contributed by atoms with Gasteiger partial charge in [0.15, 0.2) is 0 Å². The number of cyclic esters (lactones) is 1. The quantitative estimate of drug-likeness (QED) is 0.494. The minimum absolute atomic E-state index is 0.383. The number of nitrogens with zero attached hydrogens (tertiary/aromatic N) is 2. The normalized spacial score (nSPS) is 19.2. The highest BCUT2D eigenvalue weighted by molar-refractivity contribution is 7.08. The number of hydrogen-bond donors (Lipinski definition) is 1. The second kappa shape index (κ2) is 6.88. The van der Waals surface area contributed by atoms with Gasteiger partial charge >= 0.3 is 5.97 Å². The lowest BCUT2D eigenvalue weighted by molar-refractivity contribution is -0.185. The summed E-state index contributed by atoms with van der Waals surface area (Å²) in [6.07, 6.45) is 0.405. The van der Waals surface area contributed by atoms with Crippen molar-refractivity contribution in [3.8, 4) is 0 Å². The smallest absolute Gasteiger partial charge is 0.342 e. The SMILES string of the molecule is Cc1ccc(C2(O)OC(=O)C(c3ccc4nsnc4c3)=C2Cc2ccsc2)cc1. The van der Waals surface area contributed by atoms with E-state index in [0.29, 0.717) is 34.2 Å². The number of carbonyl (C=O) groups is 1. The van der Waals surface area contributed by atoms with Crippen molar-refractivity contribution in [2.24, 2.45) is 0 Å². The molecule has 2 aromatic carbocycles.